The summed E-state index contributed by atoms with van der Waals surface area (Å²) in [5, 5.41) is 0. The van der Waals surface area contributed by atoms with E-state index in [9.17, 15) is 4.79 Å². The third-order valence-corrected chi connectivity index (χ3v) is 4.57. The first-order valence-electron chi connectivity index (χ1n) is 9.38. The van der Waals surface area contributed by atoms with E-state index >= 15 is 0 Å². The number of ether oxygens (including phenoxy) is 1. The fourth-order valence-electron chi connectivity index (χ4n) is 3.28. The van der Waals surface area contributed by atoms with Crippen LogP contribution in [-0.4, -0.2) is 50.2 Å². The summed E-state index contributed by atoms with van der Waals surface area (Å²) < 4.78 is 5.32. The summed E-state index contributed by atoms with van der Waals surface area (Å²) >= 11 is 0. The summed E-state index contributed by atoms with van der Waals surface area (Å²) in [7, 11) is 0. The fraction of sp³-hybridized carbons (Fsp3) is 0.632. The first-order valence-corrected chi connectivity index (χ1v) is 9.38. The lowest BCUT2D eigenvalue weighted by Crippen LogP contribution is -2.46. The maximum Gasteiger partial charge on any atom is 0.225 e. The van der Waals surface area contributed by atoms with Gasteiger partial charge in [0.2, 0.25) is 5.91 Å². The molecule has 6 heteroatoms. The van der Waals surface area contributed by atoms with E-state index in [4.69, 9.17) is 10.6 Å². The van der Waals surface area contributed by atoms with Gasteiger partial charge in [0.1, 0.15) is 0 Å². The summed E-state index contributed by atoms with van der Waals surface area (Å²) in [6, 6.07) is 8.02. The minimum absolute atomic E-state index is 0.146. The molecule has 2 saturated heterocycles. The van der Waals surface area contributed by atoms with E-state index in [2.05, 4.69) is 30.2 Å². The van der Waals surface area contributed by atoms with Crippen molar-refractivity contribution in [2.75, 3.05) is 49.7 Å². The molecule has 1 aromatic rings. The number of nitrogens with zero attached hydrogens (tertiary/aromatic N) is 2. The predicted octanol–water partition coefficient (Wildman–Crippen LogP) is 2.46. The van der Waals surface area contributed by atoms with Crippen LogP contribution in [0.15, 0.2) is 24.3 Å². The van der Waals surface area contributed by atoms with Crippen LogP contribution >= 0.6 is 0 Å². The number of amides is 1. The molecule has 1 aromatic carbocycles. The van der Waals surface area contributed by atoms with Gasteiger partial charge in [-0.15, -0.1) is 0 Å². The molecule has 2 heterocycles. The lowest BCUT2D eigenvalue weighted by Gasteiger charge is -2.37. The van der Waals surface area contributed by atoms with Crippen molar-refractivity contribution in [2.45, 2.75) is 33.1 Å². The molecule has 0 aromatic heterocycles. The second-order valence-corrected chi connectivity index (χ2v) is 6.57. The van der Waals surface area contributed by atoms with Crippen LogP contribution in [0.4, 0.5) is 11.4 Å². The van der Waals surface area contributed by atoms with E-state index in [0.29, 0.717) is 19.1 Å². The molecule has 3 rings (SSSR count). The number of nitrogens with two attached hydrogens (primary N) is 1. The molecule has 2 fully saturated rings. The van der Waals surface area contributed by atoms with Gasteiger partial charge in [-0.25, -0.2) is 0 Å². The van der Waals surface area contributed by atoms with Gasteiger partial charge in [-0.3, -0.25) is 10.6 Å². The number of nitrogen functional groups attached to an aromatic ring is 1. The Hall–Kier alpha value is -1.79. The van der Waals surface area contributed by atoms with Gasteiger partial charge in [-0.1, -0.05) is 32.4 Å². The number of carbonyl (C=O) groups is 1. The Morgan fingerprint density at radius 2 is 1.76 bits per heavy atom. The quantitative estimate of drug-likeness (QED) is 0.649. The Kier molecular flexibility index (Phi) is 8.01. The summed E-state index contributed by atoms with van der Waals surface area (Å²) in [4.78, 5) is 16.8. The van der Waals surface area contributed by atoms with E-state index in [1.54, 1.807) is 0 Å². The molecule has 2 aliphatic heterocycles. The standard InChI is InChI=1S/C16H24N4O2.C3H8/c17-18-14-3-1-2-4-15(14)19-7-5-13(6-8-19)16(21)20-9-11-22-12-10-20;1-3-2/h1-4,13,18H,5-12,17H2;3H2,1-2H3. The van der Waals surface area contributed by atoms with Crippen LogP contribution in [0.3, 0.4) is 0 Å². The van der Waals surface area contributed by atoms with Crippen molar-refractivity contribution in [3.05, 3.63) is 24.3 Å². The number of piperidine rings is 1. The number of benzene rings is 1. The minimum Gasteiger partial charge on any atom is -0.378 e. The van der Waals surface area contributed by atoms with Crippen molar-refractivity contribution in [1.82, 2.24) is 4.90 Å². The number of nitrogens with one attached hydrogen (secondary N) is 1. The summed E-state index contributed by atoms with van der Waals surface area (Å²) in [5.74, 6) is 6.03. The van der Waals surface area contributed by atoms with Crippen molar-refractivity contribution in [3.8, 4) is 0 Å². The van der Waals surface area contributed by atoms with E-state index < -0.39 is 0 Å². The molecule has 2 aliphatic rings. The van der Waals surface area contributed by atoms with Gasteiger partial charge in [-0.05, 0) is 25.0 Å². The SMILES string of the molecule is CCC.NNc1ccccc1N1CCC(C(=O)N2CCOCC2)CC1. The van der Waals surface area contributed by atoms with E-state index in [1.165, 1.54) is 6.42 Å². The topological polar surface area (TPSA) is 70.8 Å². The highest BCUT2D eigenvalue weighted by Crippen LogP contribution is 2.29. The monoisotopic (exact) mass is 348 g/mol. The van der Waals surface area contributed by atoms with Gasteiger partial charge < -0.3 is 20.0 Å². The number of carbonyl (C=O) groups excluding carboxylic acids is 1. The van der Waals surface area contributed by atoms with E-state index in [1.807, 2.05) is 23.1 Å². The zero-order valence-corrected chi connectivity index (χ0v) is 15.5. The Labute approximate surface area is 151 Å². The van der Waals surface area contributed by atoms with Crippen LogP contribution in [0.25, 0.3) is 0 Å². The molecule has 140 valence electrons. The van der Waals surface area contributed by atoms with Gasteiger partial charge >= 0.3 is 0 Å². The number of hydrogen-bond donors (Lipinski definition) is 2. The Morgan fingerprint density at radius 1 is 1.16 bits per heavy atom. The second-order valence-electron chi connectivity index (χ2n) is 6.57. The molecule has 0 aliphatic carbocycles. The van der Waals surface area contributed by atoms with Crippen LogP contribution in [0.5, 0.6) is 0 Å². The number of hydrazine groups is 1. The smallest absolute Gasteiger partial charge is 0.225 e. The van der Waals surface area contributed by atoms with Crippen LogP contribution < -0.4 is 16.2 Å². The van der Waals surface area contributed by atoms with Gasteiger partial charge in [-0.2, -0.15) is 0 Å². The molecule has 25 heavy (non-hydrogen) atoms. The molecule has 6 nitrogen and oxygen atoms in total. The maximum absolute atomic E-state index is 12.5. The highest BCUT2D eigenvalue weighted by molar-refractivity contribution is 5.79. The number of anilines is 2. The fourth-order valence-corrected chi connectivity index (χ4v) is 3.28. The third-order valence-electron chi connectivity index (χ3n) is 4.57. The minimum atomic E-state index is 0.146. The molecular weight excluding hydrogens is 316 g/mol. The largest absolute Gasteiger partial charge is 0.378 e. The zero-order valence-electron chi connectivity index (χ0n) is 15.5. The number of para-hydroxylation sites is 2. The van der Waals surface area contributed by atoms with E-state index in [-0.39, 0.29) is 5.92 Å². The molecule has 1 amide bonds. The Bertz CT molecular complexity index is 524. The Morgan fingerprint density at radius 3 is 2.36 bits per heavy atom. The van der Waals surface area contributed by atoms with Crippen molar-refractivity contribution < 1.29 is 9.53 Å². The summed E-state index contributed by atoms with van der Waals surface area (Å²) in [6.07, 6.45) is 3.05. The van der Waals surface area contributed by atoms with Gasteiger partial charge in [0.15, 0.2) is 0 Å². The highest BCUT2D eigenvalue weighted by atomic mass is 16.5. The van der Waals surface area contributed by atoms with Crippen LogP contribution in [0.2, 0.25) is 0 Å². The third kappa shape index (κ3) is 5.34. The van der Waals surface area contributed by atoms with E-state index in [0.717, 1.165) is 50.4 Å². The van der Waals surface area contributed by atoms with Crippen molar-refractivity contribution in [3.63, 3.8) is 0 Å². The van der Waals surface area contributed by atoms with Crippen molar-refractivity contribution >= 4 is 17.3 Å². The molecule has 0 spiro atoms. The first-order chi connectivity index (χ1) is 12.2. The van der Waals surface area contributed by atoms with Gasteiger partial charge in [0.25, 0.3) is 0 Å². The second kappa shape index (κ2) is 10.3. The van der Waals surface area contributed by atoms with Gasteiger partial charge in [0.05, 0.1) is 24.6 Å². The van der Waals surface area contributed by atoms with Crippen molar-refractivity contribution in [1.29, 1.82) is 0 Å². The van der Waals surface area contributed by atoms with Crippen LogP contribution in [-0.2, 0) is 9.53 Å². The lowest BCUT2D eigenvalue weighted by atomic mass is 9.94. The van der Waals surface area contributed by atoms with Gasteiger partial charge in [0, 0.05) is 32.1 Å². The molecule has 0 atom stereocenters. The normalized spacial score (nSPS) is 18.4. The average Bonchev–Trinajstić information content (AvgIpc) is 2.69. The Balaban J connectivity index is 0.000000701. The number of morpholine rings is 1. The summed E-state index contributed by atoms with van der Waals surface area (Å²) in [6.45, 7) is 8.83. The molecule has 0 saturated carbocycles. The highest BCUT2D eigenvalue weighted by Gasteiger charge is 2.29. The predicted molar refractivity (Wildman–Crippen MR) is 103 cm³/mol. The number of hydrogen-bond acceptors (Lipinski definition) is 5. The molecular formula is C19H32N4O2. The summed E-state index contributed by atoms with van der Waals surface area (Å²) in [5.41, 5.74) is 4.79. The number of rotatable bonds is 3. The zero-order chi connectivity index (χ0) is 18.1. The molecule has 0 unspecified atom stereocenters. The maximum atomic E-state index is 12.5. The molecule has 0 bridgehead atoms. The van der Waals surface area contributed by atoms with Crippen molar-refractivity contribution in [2.24, 2.45) is 11.8 Å². The first kappa shape index (κ1) is 19.5. The molecule has 0 radical (unpaired) electrons. The lowest BCUT2D eigenvalue weighted by molar-refractivity contribution is -0.140. The average molecular weight is 348 g/mol. The molecule has 3 N–H and O–H groups in total. The van der Waals surface area contributed by atoms with Crippen LogP contribution in [0, 0.1) is 5.92 Å². The van der Waals surface area contributed by atoms with Crippen LogP contribution in [0.1, 0.15) is 33.1 Å².